The average Bonchev–Trinajstić information content (AvgIpc) is 3.24. The second-order valence-electron chi connectivity index (χ2n) is 7.01. The molecular weight excluding hydrogens is 332 g/mol. The Balaban J connectivity index is 2.06. The molecule has 136 valence electrons. The number of fused-ring (bicyclic) bond motifs is 1. The number of imidazole rings is 1. The Morgan fingerprint density at radius 3 is 2.69 bits per heavy atom. The lowest BCUT2D eigenvalue weighted by Gasteiger charge is -2.28. The van der Waals surface area contributed by atoms with E-state index in [1.54, 1.807) is 13.0 Å². The van der Waals surface area contributed by atoms with Crippen LogP contribution in [0.15, 0.2) is 30.3 Å². The van der Waals surface area contributed by atoms with E-state index in [1.165, 1.54) is 7.11 Å². The quantitative estimate of drug-likeness (QED) is 0.703. The molecule has 0 bridgehead atoms. The van der Waals surface area contributed by atoms with Gasteiger partial charge in [0.25, 0.3) is 0 Å². The Labute approximate surface area is 151 Å². The molecule has 1 aliphatic heterocycles. The number of rotatable bonds is 3. The molecule has 6 nitrogen and oxygen atoms in total. The van der Waals surface area contributed by atoms with E-state index in [1.807, 2.05) is 24.3 Å². The van der Waals surface area contributed by atoms with Crippen LogP contribution < -0.4 is 4.74 Å². The Bertz CT molecular complexity index is 987. The summed E-state index contributed by atoms with van der Waals surface area (Å²) in [6.45, 7) is 5.22. The maximum absolute atomic E-state index is 10.4. The fourth-order valence-corrected chi connectivity index (χ4v) is 3.70. The van der Waals surface area contributed by atoms with E-state index in [-0.39, 0.29) is 22.8 Å². The van der Waals surface area contributed by atoms with Crippen LogP contribution in [0.25, 0.3) is 22.4 Å². The van der Waals surface area contributed by atoms with E-state index in [0.29, 0.717) is 18.8 Å². The summed E-state index contributed by atoms with van der Waals surface area (Å²) in [6.07, 6.45) is 0.876. The molecule has 0 spiro atoms. The van der Waals surface area contributed by atoms with Gasteiger partial charge in [0.1, 0.15) is 5.82 Å². The first-order valence-electron chi connectivity index (χ1n) is 8.62. The van der Waals surface area contributed by atoms with Crippen LogP contribution in [0, 0.1) is 6.92 Å². The number of aromatic hydroxyl groups is 2. The number of methoxy groups -OCH3 is 1. The van der Waals surface area contributed by atoms with Gasteiger partial charge in [-0.2, -0.15) is 0 Å². The van der Waals surface area contributed by atoms with E-state index >= 15 is 0 Å². The third-order valence-electron chi connectivity index (χ3n) is 5.25. The van der Waals surface area contributed by atoms with Gasteiger partial charge in [0.15, 0.2) is 11.5 Å². The summed E-state index contributed by atoms with van der Waals surface area (Å²) in [6, 6.07) is 9.69. The molecule has 2 aromatic carbocycles. The zero-order valence-corrected chi connectivity index (χ0v) is 15.1. The summed E-state index contributed by atoms with van der Waals surface area (Å²) in [7, 11) is 1.46. The molecule has 1 aromatic heterocycles. The monoisotopic (exact) mass is 354 g/mol. The van der Waals surface area contributed by atoms with Crippen molar-refractivity contribution in [2.75, 3.05) is 20.3 Å². The number of para-hydroxylation sites is 2. The van der Waals surface area contributed by atoms with Crippen molar-refractivity contribution >= 4 is 11.0 Å². The summed E-state index contributed by atoms with van der Waals surface area (Å²) >= 11 is 0. The number of phenolic OH excluding ortho intramolecular Hbond substituents is 2. The lowest BCUT2D eigenvalue weighted by atomic mass is 9.99. The first kappa shape index (κ1) is 16.7. The van der Waals surface area contributed by atoms with Gasteiger partial charge in [0, 0.05) is 17.7 Å². The van der Waals surface area contributed by atoms with Crippen LogP contribution in [-0.4, -0.2) is 40.1 Å². The van der Waals surface area contributed by atoms with E-state index in [2.05, 4.69) is 11.5 Å². The molecule has 3 aromatic rings. The molecule has 6 heteroatoms. The van der Waals surface area contributed by atoms with Crippen molar-refractivity contribution in [3.63, 3.8) is 0 Å². The fourth-order valence-electron chi connectivity index (χ4n) is 3.70. The van der Waals surface area contributed by atoms with Crippen molar-refractivity contribution < 1.29 is 19.7 Å². The van der Waals surface area contributed by atoms with Crippen LogP contribution in [-0.2, 0) is 10.3 Å². The normalized spacial score (nSPS) is 20.0. The fraction of sp³-hybridized carbons (Fsp3) is 0.350. The SMILES string of the molecule is COc1cc(-c2nc3ccccc3n2C2(C)CCOC2)c(C)c(O)c1O. The Hall–Kier alpha value is -2.73. The molecule has 1 aliphatic rings. The molecular formula is C20H22N2O4. The second-order valence-corrected chi connectivity index (χ2v) is 7.01. The van der Waals surface area contributed by atoms with Gasteiger partial charge in [-0.05, 0) is 38.5 Å². The van der Waals surface area contributed by atoms with Crippen LogP contribution in [0.5, 0.6) is 17.2 Å². The maximum atomic E-state index is 10.4. The summed E-state index contributed by atoms with van der Waals surface area (Å²) in [4.78, 5) is 4.84. The smallest absolute Gasteiger partial charge is 0.200 e. The minimum absolute atomic E-state index is 0.189. The minimum Gasteiger partial charge on any atom is -0.504 e. The molecule has 1 saturated heterocycles. The summed E-state index contributed by atoms with van der Waals surface area (Å²) in [5, 5.41) is 20.5. The van der Waals surface area contributed by atoms with Gasteiger partial charge in [-0.25, -0.2) is 4.98 Å². The zero-order valence-electron chi connectivity index (χ0n) is 15.1. The molecule has 0 radical (unpaired) electrons. The number of benzene rings is 2. The van der Waals surface area contributed by atoms with Gasteiger partial charge in [-0.3, -0.25) is 0 Å². The van der Waals surface area contributed by atoms with Crippen molar-refractivity contribution in [2.24, 2.45) is 0 Å². The van der Waals surface area contributed by atoms with Crippen molar-refractivity contribution in [3.8, 4) is 28.6 Å². The molecule has 26 heavy (non-hydrogen) atoms. The van der Waals surface area contributed by atoms with Gasteiger partial charge in [-0.15, -0.1) is 0 Å². The number of hydrogen-bond acceptors (Lipinski definition) is 5. The van der Waals surface area contributed by atoms with Crippen LogP contribution in [0.1, 0.15) is 18.9 Å². The molecule has 0 aliphatic carbocycles. The van der Waals surface area contributed by atoms with Gasteiger partial charge in [0.2, 0.25) is 5.75 Å². The maximum Gasteiger partial charge on any atom is 0.200 e. The first-order chi connectivity index (χ1) is 12.5. The number of hydrogen-bond donors (Lipinski definition) is 2. The van der Waals surface area contributed by atoms with Crippen molar-refractivity contribution in [1.82, 2.24) is 9.55 Å². The third-order valence-corrected chi connectivity index (χ3v) is 5.25. The third kappa shape index (κ3) is 2.33. The summed E-state index contributed by atoms with van der Waals surface area (Å²) in [5.74, 6) is 0.498. The highest BCUT2D eigenvalue weighted by Crippen LogP contribution is 2.45. The first-order valence-corrected chi connectivity index (χ1v) is 8.62. The number of phenols is 2. The molecule has 0 saturated carbocycles. The topological polar surface area (TPSA) is 76.7 Å². The van der Waals surface area contributed by atoms with Crippen molar-refractivity contribution in [3.05, 3.63) is 35.9 Å². The molecule has 1 unspecified atom stereocenters. The molecule has 4 rings (SSSR count). The molecule has 1 fully saturated rings. The Morgan fingerprint density at radius 2 is 2.00 bits per heavy atom. The minimum atomic E-state index is -0.258. The number of nitrogens with zero attached hydrogens (tertiary/aromatic N) is 2. The van der Waals surface area contributed by atoms with E-state index in [9.17, 15) is 10.2 Å². The standard InChI is InChI=1S/C20H22N2O4/c1-12-13(10-16(25-3)18(24)17(12)23)19-21-14-6-4-5-7-15(14)22(19)20(2)8-9-26-11-20/h4-7,10,23-24H,8-9,11H2,1-3H3. The Kier molecular flexibility index (Phi) is 3.80. The van der Waals surface area contributed by atoms with Crippen LogP contribution in [0.3, 0.4) is 0 Å². The van der Waals surface area contributed by atoms with Gasteiger partial charge in [-0.1, -0.05) is 12.1 Å². The van der Waals surface area contributed by atoms with E-state index in [0.717, 1.165) is 28.8 Å². The highest BCUT2D eigenvalue weighted by Gasteiger charge is 2.36. The van der Waals surface area contributed by atoms with Gasteiger partial charge in [0.05, 0.1) is 30.3 Å². The lowest BCUT2D eigenvalue weighted by molar-refractivity contribution is 0.164. The molecule has 1 atom stereocenters. The van der Waals surface area contributed by atoms with Crippen molar-refractivity contribution in [1.29, 1.82) is 0 Å². The second kappa shape index (κ2) is 5.92. The number of aromatic nitrogens is 2. The van der Waals surface area contributed by atoms with Crippen LogP contribution in [0.4, 0.5) is 0 Å². The average molecular weight is 354 g/mol. The van der Waals surface area contributed by atoms with Crippen LogP contribution in [0.2, 0.25) is 0 Å². The summed E-state index contributed by atoms with van der Waals surface area (Å²) in [5.41, 5.74) is 2.94. The largest absolute Gasteiger partial charge is 0.504 e. The highest BCUT2D eigenvalue weighted by atomic mass is 16.5. The summed E-state index contributed by atoms with van der Waals surface area (Å²) < 4.78 is 13.1. The number of ether oxygens (including phenoxy) is 2. The predicted molar refractivity (Wildman–Crippen MR) is 98.9 cm³/mol. The Morgan fingerprint density at radius 1 is 1.23 bits per heavy atom. The van der Waals surface area contributed by atoms with E-state index in [4.69, 9.17) is 14.5 Å². The van der Waals surface area contributed by atoms with Gasteiger partial charge < -0.3 is 24.3 Å². The predicted octanol–water partition coefficient (Wildman–Crippen LogP) is 3.57. The molecule has 2 heterocycles. The van der Waals surface area contributed by atoms with Crippen LogP contribution >= 0.6 is 0 Å². The molecule has 2 N–H and O–H groups in total. The molecule has 0 amide bonds. The highest BCUT2D eigenvalue weighted by molar-refractivity contribution is 5.83. The zero-order chi connectivity index (χ0) is 18.5. The van der Waals surface area contributed by atoms with Crippen molar-refractivity contribution in [2.45, 2.75) is 25.8 Å². The van der Waals surface area contributed by atoms with E-state index < -0.39 is 0 Å². The lowest BCUT2D eigenvalue weighted by Crippen LogP contribution is -2.31. The van der Waals surface area contributed by atoms with Gasteiger partial charge >= 0.3 is 0 Å².